The fourth-order valence-corrected chi connectivity index (χ4v) is 4.43. The molecule has 1 aliphatic heterocycles. The molecule has 0 radical (unpaired) electrons. The van der Waals surface area contributed by atoms with Crippen LogP contribution in [0.5, 0.6) is 11.5 Å². The summed E-state index contributed by atoms with van der Waals surface area (Å²) < 4.78 is 51.5. The van der Waals surface area contributed by atoms with E-state index in [2.05, 4.69) is 10.0 Å². The van der Waals surface area contributed by atoms with Gasteiger partial charge in [0.25, 0.3) is 15.9 Å². The second-order valence-corrected chi connectivity index (χ2v) is 9.19. The molecule has 7 nitrogen and oxygen atoms in total. The monoisotopic (exact) mass is 496 g/mol. The van der Waals surface area contributed by atoms with E-state index in [9.17, 15) is 17.6 Å². The van der Waals surface area contributed by atoms with Crippen LogP contribution in [0.25, 0.3) is 0 Å². The number of halogens is 3. The van der Waals surface area contributed by atoms with Gasteiger partial charge in [0.1, 0.15) is 19.0 Å². The Labute approximate surface area is 193 Å². The van der Waals surface area contributed by atoms with Crippen LogP contribution in [-0.4, -0.2) is 27.5 Å². The van der Waals surface area contributed by atoms with Crippen molar-refractivity contribution in [1.82, 2.24) is 0 Å². The van der Waals surface area contributed by atoms with Crippen molar-refractivity contribution in [2.75, 3.05) is 23.3 Å². The van der Waals surface area contributed by atoms with Gasteiger partial charge in [0.15, 0.2) is 11.5 Å². The Morgan fingerprint density at radius 2 is 1.56 bits per heavy atom. The molecule has 1 heterocycles. The third-order valence-corrected chi connectivity index (χ3v) is 6.46. The lowest BCUT2D eigenvalue weighted by Crippen LogP contribution is -2.17. The van der Waals surface area contributed by atoms with E-state index in [1.165, 1.54) is 24.3 Å². The number of hydrogen-bond acceptors (Lipinski definition) is 5. The molecule has 1 amide bonds. The number of ether oxygens (including phenoxy) is 2. The van der Waals surface area contributed by atoms with Crippen LogP contribution in [-0.2, 0) is 10.0 Å². The number of sulfonamides is 1. The Bertz CT molecular complexity index is 1300. The summed E-state index contributed by atoms with van der Waals surface area (Å²) in [5.41, 5.74) is 0.821. The highest BCUT2D eigenvalue weighted by Gasteiger charge is 2.18. The van der Waals surface area contributed by atoms with Gasteiger partial charge in [-0.3, -0.25) is 9.52 Å². The summed E-state index contributed by atoms with van der Waals surface area (Å²) in [6, 6.07) is 11.9. The Balaban J connectivity index is 1.47. The number of amides is 1. The van der Waals surface area contributed by atoms with Crippen LogP contribution in [0.15, 0.2) is 59.5 Å². The van der Waals surface area contributed by atoms with E-state index in [0.29, 0.717) is 30.4 Å². The fraction of sp³-hybridized carbons (Fsp3) is 0.0952. The number of hydrogen-bond donors (Lipinski definition) is 2. The van der Waals surface area contributed by atoms with Gasteiger partial charge >= 0.3 is 0 Å². The number of nitrogens with one attached hydrogen (secondary N) is 2. The molecule has 166 valence electrons. The molecule has 0 spiro atoms. The number of anilines is 2. The van der Waals surface area contributed by atoms with E-state index in [1.54, 1.807) is 12.1 Å². The van der Waals surface area contributed by atoms with Crippen molar-refractivity contribution in [2.45, 2.75) is 4.90 Å². The third-order valence-electron chi connectivity index (χ3n) is 4.48. The van der Waals surface area contributed by atoms with E-state index in [1.807, 2.05) is 0 Å². The molecule has 0 bridgehead atoms. The average Bonchev–Trinajstić information content (AvgIpc) is 2.76. The first-order valence-corrected chi connectivity index (χ1v) is 11.5. The smallest absolute Gasteiger partial charge is 0.261 e. The Kier molecular flexibility index (Phi) is 6.14. The standard InChI is InChI=1S/C21H15Cl2FN2O5S/c22-15-9-14(5-6-17(15)24)32(28,29)26-13-3-1-12(2-4-13)21(27)25-18-11-20-19(10-16(18)23)30-7-8-31-20/h1-6,9-11,26H,7-8H2,(H,25,27). The molecule has 1 aliphatic rings. The second kappa shape index (κ2) is 8.85. The largest absolute Gasteiger partial charge is 0.486 e. The van der Waals surface area contributed by atoms with Crippen molar-refractivity contribution in [3.8, 4) is 11.5 Å². The molecule has 3 aromatic rings. The maximum atomic E-state index is 13.3. The van der Waals surface area contributed by atoms with Crippen LogP contribution >= 0.6 is 23.2 Å². The number of carbonyl (C=O) groups is 1. The minimum atomic E-state index is -3.99. The predicted molar refractivity (Wildman–Crippen MR) is 119 cm³/mol. The number of carbonyl (C=O) groups excluding carboxylic acids is 1. The molecular weight excluding hydrogens is 482 g/mol. The van der Waals surface area contributed by atoms with Crippen molar-refractivity contribution in [3.63, 3.8) is 0 Å². The van der Waals surface area contributed by atoms with Gasteiger partial charge in [-0.2, -0.15) is 0 Å². The Morgan fingerprint density at radius 1 is 0.906 bits per heavy atom. The van der Waals surface area contributed by atoms with Crippen LogP contribution in [0.4, 0.5) is 15.8 Å². The summed E-state index contributed by atoms with van der Waals surface area (Å²) in [6.45, 7) is 0.808. The highest BCUT2D eigenvalue weighted by atomic mass is 35.5. The highest BCUT2D eigenvalue weighted by Crippen LogP contribution is 2.38. The summed E-state index contributed by atoms with van der Waals surface area (Å²) in [5.74, 6) is -0.206. The predicted octanol–water partition coefficient (Wildman–Crippen LogP) is 4.96. The summed E-state index contributed by atoms with van der Waals surface area (Å²) in [7, 11) is -3.99. The minimum absolute atomic E-state index is 0.195. The molecular formula is C21H15Cl2FN2O5S. The van der Waals surface area contributed by atoms with E-state index < -0.39 is 21.7 Å². The lowest BCUT2D eigenvalue weighted by atomic mass is 10.2. The fourth-order valence-electron chi connectivity index (χ4n) is 2.90. The van der Waals surface area contributed by atoms with Gasteiger partial charge in [0, 0.05) is 23.4 Å². The molecule has 0 aliphatic carbocycles. The van der Waals surface area contributed by atoms with E-state index in [-0.39, 0.29) is 26.2 Å². The van der Waals surface area contributed by atoms with Crippen molar-refractivity contribution in [1.29, 1.82) is 0 Å². The molecule has 0 unspecified atom stereocenters. The summed E-state index contributed by atoms with van der Waals surface area (Å²) in [4.78, 5) is 12.4. The molecule has 4 rings (SSSR count). The first-order valence-electron chi connectivity index (χ1n) is 9.21. The highest BCUT2D eigenvalue weighted by molar-refractivity contribution is 7.92. The lowest BCUT2D eigenvalue weighted by Gasteiger charge is -2.20. The molecule has 3 aromatic carbocycles. The molecule has 11 heteroatoms. The molecule has 0 saturated carbocycles. The van der Waals surface area contributed by atoms with E-state index >= 15 is 0 Å². The van der Waals surface area contributed by atoms with Crippen LogP contribution in [0, 0.1) is 5.82 Å². The molecule has 0 fully saturated rings. The van der Waals surface area contributed by atoms with Crippen LogP contribution in [0.2, 0.25) is 10.0 Å². The van der Waals surface area contributed by atoms with Crippen molar-refractivity contribution >= 4 is 50.5 Å². The van der Waals surface area contributed by atoms with Gasteiger partial charge in [-0.25, -0.2) is 12.8 Å². The van der Waals surface area contributed by atoms with Crippen LogP contribution < -0.4 is 19.5 Å². The maximum Gasteiger partial charge on any atom is 0.261 e. The average molecular weight is 497 g/mol. The zero-order valence-electron chi connectivity index (χ0n) is 16.2. The van der Waals surface area contributed by atoms with Gasteiger partial charge in [-0.1, -0.05) is 23.2 Å². The Hall–Kier alpha value is -3.01. The first-order chi connectivity index (χ1) is 15.2. The third kappa shape index (κ3) is 4.74. The van der Waals surface area contributed by atoms with Gasteiger partial charge < -0.3 is 14.8 Å². The van der Waals surface area contributed by atoms with Gasteiger partial charge in [-0.05, 0) is 42.5 Å². The van der Waals surface area contributed by atoms with Crippen molar-refractivity contribution in [2.24, 2.45) is 0 Å². The molecule has 32 heavy (non-hydrogen) atoms. The summed E-state index contributed by atoms with van der Waals surface area (Å²) >= 11 is 11.9. The summed E-state index contributed by atoms with van der Waals surface area (Å²) in [5, 5.41) is 2.66. The summed E-state index contributed by atoms with van der Waals surface area (Å²) in [6.07, 6.45) is 0. The van der Waals surface area contributed by atoms with E-state index in [4.69, 9.17) is 32.7 Å². The molecule has 0 saturated heterocycles. The van der Waals surface area contributed by atoms with Crippen LogP contribution in [0.3, 0.4) is 0 Å². The maximum absolute atomic E-state index is 13.3. The topological polar surface area (TPSA) is 93.7 Å². The molecule has 0 aromatic heterocycles. The second-order valence-electron chi connectivity index (χ2n) is 6.69. The number of rotatable bonds is 5. The minimum Gasteiger partial charge on any atom is -0.486 e. The lowest BCUT2D eigenvalue weighted by molar-refractivity contribution is 0.102. The molecule has 0 atom stereocenters. The Morgan fingerprint density at radius 3 is 2.22 bits per heavy atom. The normalized spacial score (nSPS) is 12.8. The number of fused-ring (bicyclic) bond motifs is 1. The van der Waals surface area contributed by atoms with Gasteiger partial charge in [0.05, 0.1) is 20.6 Å². The van der Waals surface area contributed by atoms with Crippen molar-refractivity contribution in [3.05, 3.63) is 76.0 Å². The number of benzene rings is 3. The molecule has 2 N–H and O–H groups in total. The van der Waals surface area contributed by atoms with Crippen molar-refractivity contribution < 1.29 is 27.1 Å². The SMILES string of the molecule is O=C(Nc1cc2c(cc1Cl)OCCO2)c1ccc(NS(=O)(=O)c2ccc(F)c(Cl)c2)cc1. The zero-order valence-corrected chi connectivity index (χ0v) is 18.5. The zero-order chi connectivity index (χ0) is 22.9. The van der Waals surface area contributed by atoms with E-state index in [0.717, 1.165) is 18.2 Å². The van der Waals surface area contributed by atoms with Crippen LogP contribution in [0.1, 0.15) is 10.4 Å². The quantitative estimate of drug-likeness (QED) is 0.520. The van der Waals surface area contributed by atoms with Gasteiger partial charge in [0.2, 0.25) is 0 Å². The first kappa shape index (κ1) is 22.2. The van der Waals surface area contributed by atoms with Gasteiger partial charge in [-0.15, -0.1) is 0 Å².